The van der Waals surface area contributed by atoms with Gasteiger partial charge in [0.15, 0.2) is 31.5 Å². The molecule has 20 unspecified atom stereocenters. The van der Waals surface area contributed by atoms with Crippen LogP contribution in [0.4, 0.5) is 0 Å². The molecule has 21 nitrogen and oxygen atoms in total. The Hall–Kier alpha value is -0.840. The average molecular weight is 679 g/mol. The van der Waals surface area contributed by atoms with Crippen molar-refractivity contribution in [2.24, 2.45) is 0 Å². The Morgan fingerprint density at radius 2 is 0.891 bits per heavy atom. The third-order valence-corrected chi connectivity index (χ3v) is 8.49. The first-order chi connectivity index (χ1) is 21.9. The molecular formula is C25H42O21. The van der Waals surface area contributed by atoms with E-state index >= 15 is 0 Å². The van der Waals surface area contributed by atoms with Gasteiger partial charge in [0.1, 0.15) is 91.6 Å². The van der Waals surface area contributed by atoms with Crippen LogP contribution < -0.4 is 0 Å². The Bertz CT molecular complexity index is 965. The summed E-state index contributed by atoms with van der Waals surface area (Å²) in [6, 6.07) is 0. The lowest BCUT2D eigenvalue weighted by Crippen LogP contribution is -2.63. The highest BCUT2D eigenvalue weighted by Crippen LogP contribution is 2.34. The van der Waals surface area contributed by atoms with Gasteiger partial charge in [0.25, 0.3) is 0 Å². The molecule has 0 saturated carbocycles. The SMILES string of the molecule is OCC1OC(OC2C(O)COC(OC3COC(OC4COC(O)C(O)C4O)C(O)C3O)C2OC2OC(CO)C(O)C2O)C(O)C1O. The van der Waals surface area contributed by atoms with E-state index < -0.39 is 149 Å². The lowest BCUT2D eigenvalue weighted by molar-refractivity contribution is -0.368. The number of hydrogen-bond acceptors (Lipinski definition) is 21. The predicted octanol–water partition coefficient (Wildman–Crippen LogP) is -8.73. The lowest BCUT2D eigenvalue weighted by atomic mass is 10.0. The van der Waals surface area contributed by atoms with Gasteiger partial charge in [-0.25, -0.2) is 0 Å². The van der Waals surface area contributed by atoms with Gasteiger partial charge in [0, 0.05) is 0 Å². The fourth-order valence-corrected chi connectivity index (χ4v) is 5.70. The summed E-state index contributed by atoms with van der Waals surface area (Å²) in [5.41, 5.74) is 0. The summed E-state index contributed by atoms with van der Waals surface area (Å²) >= 11 is 0. The molecule has 268 valence electrons. The zero-order valence-corrected chi connectivity index (χ0v) is 24.1. The van der Waals surface area contributed by atoms with Gasteiger partial charge in [-0.05, 0) is 0 Å². The molecule has 0 aromatic carbocycles. The number of ether oxygens (including phenoxy) is 9. The highest BCUT2D eigenvalue weighted by atomic mass is 16.8. The summed E-state index contributed by atoms with van der Waals surface area (Å²) in [5, 5.41) is 122. The second-order valence-corrected chi connectivity index (χ2v) is 11.6. The van der Waals surface area contributed by atoms with E-state index in [1.807, 2.05) is 0 Å². The van der Waals surface area contributed by atoms with E-state index in [1.54, 1.807) is 0 Å². The predicted molar refractivity (Wildman–Crippen MR) is 136 cm³/mol. The summed E-state index contributed by atoms with van der Waals surface area (Å²) in [7, 11) is 0. The van der Waals surface area contributed by atoms with Crippen molar-refractivity contribution in [1.29, 1.82) is 0 Å². The Morgan fingerprint density at radius 1 is 0.435 bits per heavy atom. The molecule has 0 aliphatic carbocycles. The maximum Gasteiger partial charge on any atom is 0.187 e. The molecule has 5 saturated heterocycles. The van der Waals surface area contributed by atoms with Gasteiger partial charge in [0.2, 0.25) is 0 Å². The first kappa shape index (κ1) is 36.4. The van der Waals surface area contributed by atoms with E-state index in [9.17, 15) is 61.3 Å². The molecule has 5 rings (SSSR count). The lowest BCUT2D eigenvalue weighted by Gasteiger charge is -2.45. The van der Waals surface area contributed by atoms with Gasteiger partial charge >= 0.3 is 0 Å². The molecule has 21 heteroatoms. The van der Waals surface area contributed by atoms with Gasteiger partial charge in [-0.2, -0.15) is 0 Å². The average Bonchev–Trinajstić information content (AvgIpc) is 3.47. The van der Waals surface area contributed by atoms with E-state index in [2.05, 4.69) is 0 Å². The van der Waals surface area contributed by atoms with Crippen molar-refractivity contribution in [1.82, 2.24) is 0 Å². The molecule has 0 radical (unpaired) electrons. The molecule has 12 N–H and O–H groups in total. The zero-order chi connectivity index (χ0) is 33.4. The molecule has 5 heterocycles. The molecular weight excluding hydrogens is 636 g/mol. The zero-order valence-electron chi connectivity index (χ0n) is 24.1. The Kier molecular flexibility index (Phi) is 12.2. The van der Waals surface area contributed by atoms with E-state index in [4.69, 9.17) is 42.6 Å². The van der Waals surface area contributed by atoms with Crippen LogP contribution in [0.1, 0.15) is 0 Å². The van der Waals surface area contributed by atoms with Crippen LogP contribution in [0.2, 0.25) is 0 Å². The third kappa shape index (κ3) is 7.35. The van der Waals surface area contributed by atoms with Crippen molar-refractivity contribution in [3.8, 4) is 0 Å². The van der Waals surface area contributed by atoms with Gasteiger partial charge in [-0.3, -0.25) is 0 Å². The van der Waals surface area contributed by atoms with Crippen LogP contribution >= 0.6 is 0 Å². The molecule has 20 atom stereocenters. The molecule has 0 spiro atoms. The summed E-state index contributed by atoms with van der Waals surface area (Å²) in [6.07, 6.45) is -31.3. The van der Waals surface area contributed by atoms with Gasteiger partial charge in [-0.15, -0.1) is 0 Å². The minimum absolute atomic E-state index is 0.378. The number of rotatable bonds is 10. The van der Waals surface area contributed by atoms with Crippen LogP contribution in [-0.4, -0.2) is 217 Å². The Balaban J connectivity index is 1.29. The smallest absolute Gasteiger partial charge is 0.187 e. The molecule has 5 aliphatic rings. The van der Waals surface area contributed by atoms with E-state index in [1.165, 1.54) is 0 Å². The summed E-state index contributed by atoms with van der Waals surface area (Å²) < 4.78 is 49.6. The molecule has 0 amide bonds. The van der Waals surface area contributed by atoms with Crippen LogP contribution in [-0.2, 0) is 42.6 Å². The molecule has 5 aliphatic heterocycles. The highest BCUT2D eigenvalue weighted by Gasteiger charge is 2.54. The first-order valence-electron chi connectivity index (χ1n) is 14.7. The maximum absolute atomic E-state index is 10.9. The van der Waals surface area contributed by atoms with Crippen molar-refractivity contribution in [3.63, 3.8) is 0 Å². The second kappa shape index (κ2) is 15.4. The third-order valence-electron chi connectivity index (χ3n) is 8.49. The minimum atomic E-state index is -1.81. The normalized spacial score (nSPS) is 53.5. The van der Waals surface area contributed by atoms with E-state index in [-0.39, 0.29) is 6.61 Å². The van der Waals surface area contributed by atoms with Gasteiger partial charge in [0.05, 0.1) is 33.0 Å². The fourth-order valence-electron chi connectivity index (χ4n) is 5.70. The number of aliphatic hydroxyl groups is 12. The molecule has 0 aromatic heterocycles. The first-order valence-corrected chi connectivity index (χ1v) is 14.7. The summed E-state index contributed by atoms with van der Waals surface area (Å²) in [5.74, 6) is 0. The van der Waals surface area contributed by atoms with Crippen molar-refractivity contribution < 1.29 is 104 Å². The van der Waals surface area contributed by atoms with Gasteiger partial charge in [-0.1, -0.05) is 0 Å². The molecule has 5 fully saturated rings. The van der Waals surface area contributed by atoms with E-state index in [0.29, 0.717) is 0 Å². The molecule has 0 bridgehead atoms. The second-order valence-electron chi connectivity index (χ2n) is 11.6. The van der Waals surface area contributed by atoms with Crippen molar-refractivity contribution in [2.45, 2.75) is 123 Å². The maximum atomic E-state index is 10.9. The number of hydrogen-bond donors (Lipinski definition) is 12. The molecule has 0 aromatic rings. The minimum Gasteiger partial charge on any atom is -0.394 e. The van der Waals surface area contributed by atoms with Crippen LogP contribution in [0.3, 0.4) is 0 Å². The Labute approximate surface area is 260 Å². The van der Waals surface area contributed by atoms with Crippen molar-refractivity contribution in [2.75, 3.05) is 33.0 Å². The van der Waals surface area contributed by atoms with E-state index in [0.717, 1.165) is 0 Å². The fraction of sp³-hybridized carbons (Fsp3) is 1.00. The van der Waals surface area contributed by atoms with Crippen LogP contribution in [0.5, 0.6) is 0 Å². The van der Waals surface area contributed by atoms with Gasteiger partial charge < -0.3 is 104 Å². The number of aliphatic hydroxyl groups excluding tert-OH is 12. The van der Waals surface area contributed by atoms with Crippen LogP contribution in [0.25, 0.3) is 0 Å². The van der Waals surface area contributed by atoms with Crippen molar-refractivity contribution >= 4 is 0 Å². The summed E-state index contributed by atoms with van der Waals surface area (Å²) in [4.78, 5) is 0. The molecule has 46 heavy (non-hydrogen) atoms. The van der Waals surface area contributed by atoms with Crippen LogP contribution in [0.15, 0.2) is 0 Å². The Morgan fingerprint density at radius 3 is 1.43 bits per heavy atom. The topological polar surface area (TPSA) is 326 Å². The van der Waals surface area contributed by atoms with Crippen molar-refractivity contribution in [3.05, 3.63) is 0 Å². The largest absolute Gasteiger partial charge is 0.394 e. The standard InChI is InChI=1S/C25H42O21/c26-1-7-11(29)17(35)23(41-7)45-19-6(28)3-39-25(20(19)46-24-18(36)12(30)8(2-27)42-24)44-10-5-40-22(16(34)14(10)32)43-9-4-38-21(37)15(33)13(9)31/h6-37H,1-5H2. The summed E-state index contributed by atoms with van der Waals surface area (Å²) in [6.45, 7) is -2.71. The highest BCUT2D eigenvalue weighted by molar-refractivity contribution is 4.95. The quantitative estimate of drug-likeness (QED) is 0.102. The monoisotopic (exact) mass is 678 g/mol. The van der Waals surface area contributed by atoms with Crippen LogP contribution in [0, 0.1) is 0 Å².